The third kappa shape index (κ3) is 40.9. The zero-order chi connectivity index (χ0) is 44.2. The molecular weight excluding hydrogens is 781 g/mol. The van der Waals surface area contributed by atoms with E-state index in [0.717, 1.165) is 103 Å². The van der Waals surface area contributed by atoms with E-state index in [1.165, 1.54) is 0 Å². The molecule has 60 heavy (non-hydrogen) atoms. The minimum Gasteiger partial charge on any atom is -0.480 e. The lowest BCUT2D eigenvalue weighted by Crippen LogP contribution is -2.43. The normalized spacial score (nSPS) is 14.7. The van der Waals surface area contributed by atoms with Gasteiger partial charge >= 0.3 is 19.8 Å². The number of ether oxygens (including phenoxy) is 1. The van der Waals surface area contributed by atoms with Crippen molar-refractivity contribution in [2.24, 2.45) is 0 Å². The second-order valence-electron chi connectivity index (χ2n) is 14.1. The van der Waals surface area contributed by atoms with Crippen LogP contribution >= 0.6 is 7.82 Å². The Balaban J connectivity index is 4.02. The average molecular weight is 858 g/mol. The number of phosphoric acid groups is 1. The van der Waals surface area contributed by atoms with Gasteiger partial charge < -0.3 is 25.2 Å². The van der Waals surface area contributed by atoms with E-state index >= 15 is 0 Å². The number of unbranched alkanes of at least 4 members (excludes halogenated alkanes) is 7. The van der Waals surface area contributed by atoms with Crippen molar-refractivity contribution >= 4 is 25.7 Å². The number of carboxylic acids is 1. The maximum Gasteiger partial charge on any atom is 0.472 e. The number of carboxylic acid groups (broad SMARTS) is 1. The Morgan fingerprint density at radius 2 is 0.917 bits per heavy atom. The highest BCUT2D eigenvalue weighted by atomic mass is 31.2. The molecule has 0 aromatic carbocycles. The van der Waals surface area contributed by atoms with E-state index in [-0.39, 0.29) is 12.8 Å². The Kier molecular flexibility index (Phi) is 39.2. The largest absolute Gasteiger partial charge is 0.480 e. The fourth-order valence-electron chi connectivity index (χ4n) is 5.21. The van der Waals surface area contributed by atoms with Crippen molar-refractivity contribution in [3.8, 4) is 0 Å². The van der Waals surface area contributed by atoms with E-state index in [0.29, 0.717) is 12.8 Å². The van der Waals surface area contributed by atoms with Crippen LogP contribution in [-0.4, -0.2) is 64.9 Å². The van der Waals surface area contributed by atoms with Crippen LogP contribution in [0.5, 0.6) is 0 Å². The van der Waals surface area contributed by atoms with Crippen LogP contribution in [0.4, 0.5) is 0 Å². The molecular formula is C48H76NO10P. The van der Waals surface area contributed by atoms with Crippen molar-refractivity contribution in [3.05, 3.63) is 109 Å². The number of nitrogens with one attached hydrogen (secondary N) is 1. The number of rotatable bonds is 39. The highest BCUT2D eigenvalue weighted by molar-refractivity contribution is 7.47. The lowest BCUT2D eigenvalue weighted by Gasteiger charge is -2.18. The van der Waals surface area contributed by atoms with Crippen molar-refractivity contribution in [1.82, 2.24) is 5.32 Å². The van der Waals surface area contributed by atoms with Crippen LogP contribution in [-0.2, 0) is 32.7 Å². The number of aliphatic hydroxyl groups excluding tert-OH is 1. The number of aliphatic hydroxyl groups is 1. The SMILES string of the molecule is CC/C=C\C/C=C\C/C=C\C/C=C\C/C=C\C/C=C\CCCCCCC(=O)NC(COP(=O)(O)OCC(O)COC(=O)CCCCC/C=C\C/C=C\C/C=C\CC)C(=O)O. The number of carbonyl (C=O) groups is 3. The Labute approximate surface area is 361 Å². The molecule has 0 fully saturated rings. The first-order chi connectivity index (χ1) is 29.1. The van der Waals surface area contributed by atoms with Gasteiger partial charge in [-0.2, -0.15) is 0 Å². The van der Waals surface area contributed by atoms with Gasteiger partial charge in [-0.3, -0.25) is 18.6 Å². The van der Waals surface area contributed by atoms with Crippen LogP contribution in [0.15, 0.2) is 109 Å². The van der Waals surface area contributed by atoms with Gasteiger partial charge in [0.1, 0.15) is 12.7 Å². The van der Waals surface area contributed by atoms with Crippen molar-refractivity contribution < 1.29 is 47.8 Å². The topological polar surface area (TPSA) is 169 Å². The summed E-state index contributed by atoms with van der Waals surface area (Å²) in [4.78, 5) is 45.9. The smallest absolute Gasteiger partial charge is 0.472 e. The van der Waals surface area contributed by atoms with Gasteiger partial charge in [0.25, 0.3) is 0 Å². The fraction of sp³-hybridized carbons (Fsp3) is 0.562. The molecule has 0 aliphatic rings. The van der Waals surface area contributed by atoms with Crippen molar-refractivity contribution in [2.45, 2.75) is 154 Å². The first-order valence-electron chi connectivity index (χ1n) is 21.9. The van der Waals surface area contributed by atoms with E-state index in [2.05, 4.69) is 129 Å². The number of allylic oxidation sites excluding steroid dienone is 18. The number of carbonyl (C=O) groups excluding carboxylic acids is 2. The molecule has 0 aliphatic heterocycles. The minimum atomic E-state index is -4.78. The van der Waals surface area contributed by atoms with Gasteiger partial charge in [0.2, 0.25) is 5.91 Å². The standard InChI is InChI=1S/C48H76NO10P/c1-3-5-7-9-11-13-15-17-18-19-20-21-22-23-24-25-26-28-29-31-33-35-37-39-46(51)49-45(48(53)54)43-59-60(55,56)58-42-44(50)41-57-47(52)40-38-36-34-32-30-27-16-14-12-10-8-6-4-2/h5-8,11-14,17-18,20-21,23-24,26-28,30,44-45,50H,3-4,9-10,15-16,19,22,25,29,31-43H2,1-2H3,(H,49,51)(H,53,54)(H,55,56)/b7-5-,8-6-,13-11-,14-12-,18-17-,21-20-,24-23-,28-26-,30-27-. The van der Waals surface area contributed by atoms with Crippen LogP contribution in [0, 0.1) is 0 Å². The summed E-state index contributed by atoms with van der Waals surface area (Å²) >= 11 is 0. The molecule has 0 saturated heterocycles. The van der Waals surface area contributed by atoms with Crippen LogP contribution in [0.25, 0.3) is 0 Å². The third-order valence-electron chi connectivity index (χ3n) is 8.56. The molecule has 4 N–H and O–H groups in total. The Bertz CT molecular complexity index is 1430. The molecule has 0 aromatic rings. The number of amides is 1. The zero-order valence-corrected chi connectivity index (χ0v) is 37.4. The molecule has 0 aromatic heterocycles. The summed E-state index contributed by atoms with van der Waals surface area (Å²) in [7, 11) is -4.78. The summed E-state index contributed by atoms with van der Waals surface area (Å²) in [6.07, 6.45) is 54.0. The number of phosphoric ester groups is 1. The number of aliphatic carboxylic acids is 1. The van der Waals surface area contributed by atoms with Crippen molar-refractivity contribution in [3.63, 3.8) is 0 Å². The van der Waals surface area contributed by atoms with Crippen LogP contribution in [0.2, 0.25) is 0 Å². The second kappa shape index (κ2) is 41.9. The highest BCUT2D eigenvalue weighted by Crippen LogP contribution is 2.43. The number of hydrogen-bond donors (Lipinski definition) is 4. The van der Waals surface area contributed by atoms with E-state index in [1.54, 1.807) is 0 Å². The maximum absolute atomic E-state index is 12.3. The Morgan fingerprint density at radius 1 is 0.533 bits per heavy atom. The van der Waals surface area contributed by atoms with Gasteiger partial charge in [0, 0.05) is 12.8 Å². The third-order valence-corrected chi connectivity index (χ3v) is 9.51. The van der Waals surface area contributed by atoms with E-state index in [1.807, 2.05) is 0 Å². The molecule has 338 valence electrons. The van der Waals surface area contributed by atoms with Crippen LogP contribution < -0.4 is 5.32 Å². The Hall–Kier alpha value is -3.86. The minimum absolute atomic E-state index is 0.106. The molecule has 1 amide bonds. The van der Waals surface area contributed by atoms with Gasteiger partial charge in [0.05, 0.1) is 13.2 Å². The molecule has 3 atom stereocenters. The predicted octanol–water partition coefficient (Wildman–Crippen LogP) is 11.4. The maximum atomic E-state index is 12.3. The summed E-state index contributed by atoms with van der Waals surface area (Å²) in [5.41, 5.74) is 0. The van der Waals surface area contributed by atoms with Gasteiger partial charge in [-0.15, -0.1) is 0 Å². The van der Waals surface area contributed by atoms with Gasteiger partial charge in [0.15, 0.2) is 6.04 Å². The lowest BCUT2D eigenvalue weighted by atomic mass is 10.1. The van der Waals surface area contributed by atoms with E-state index in [4.69, 9.17) is 13.8 Å². The molecule has 0 bridgehead atoms. The first-order valence-corrected chi connectivity index (χ1v) is 23.4. The highest BCUT2D eigenvalue weighted by Gasteiger charge is 2.28. The molecule has 0 saturated carbocycles. The van der Waals surface area contributed by atoms with E-state index < -0.39 is 57.6 Å². The zero-order valence-electron chi connectivity index (χ0n) is 36.5. The molecule has 3 unspecified atom stereocenters. The van der Waals surface area contributed by atoms with Gasteiger partial charge in [-0.05, 0) is 96.3 Å². The van der Waals surface area contributed by atoms with E-state index in [9.17, 15) is 34.1 Å². The fourth-order valence-corrected chi connectivity index (χ4v) is 5.99. The summed E-state index contributed by atoms with van der Waals surface area (Å²) < 4.78 is 26.8. The Morgan fingerprint density at radius 3 is 1.37 bits per heavy atom. The summed E-state index contributed by atoms with van der Waals surface area (Å²) in [5, 5.41) is 21.8. The molecule has 0 rings (SSSR count). The molecule has 12 heteroatoms. The summed E-state index contributed by atoms with van der Waals surface area (Å²) in [5.74, 6) is -2.46. The monoisotopic (exact) mass is 858 g/mol. The molecule has 0 heterocycles. The summed E-state index contributed by atoms with van der Waals surface area (Å²) in [6.45, 7) is 2.29. The van der Waals surface area contributed by atoms with Crippen molar-refractivity contribution in [2.75, 3.05) is 19.8 Å². The lowest BCUT2D eigenvalue weighted by molar-refractivity contribution is -0.147. The first kappa shape index (κ1) is 56.1. The average Bonchev–Trinajstić information content (AvgIpc) is 3.22. The molecule has 11 nitrogen and oxygen atoms in total. The molecule has 0 spiro atoms. The number of esters is 1. The molecule has 0 radical (unpaired) electrons. The molecule has 0 aliphatic carbocycles. The summed E-state index contributed by atoms with van der Waals surface area (Å²) in [6, 6.07) is -1.57. The van der Waals surface area contributed by atoms with Crippen LogP contribution in [0.3, 0.4) is 0 Å². The van der Waals surface area contributed by atoms with Gasteiger partial charge in [-0.1, -0.05) is 142 Å². The number of hydrogen-bond acceptors (Lipinski definition) is 8. The predicted molar refractivity (Wildman–Crippen MR) is 244 cm³/mol. The quantitative estimate of drug-likeness (QED) is 0.0202. The van der Waals surface area contributed by atoms with Gasteiger partial charge in [-0.25, -0.2) is 9.36 Å². The van der Waals surface area contributed by atoms with Crippen molar-refractivity contribution in [1.29, 1.82) is 0 Å². The van der Waals surface area contributed by atoms with Crippen LogP contribution in [0.1, 0.15) is 142 Å². The second-order valence-corrected chi connectivity index (χ2v) is 15.6.